The molecule has 1 saturated carbocycles. The molecule has 1 N–H and O–H groups in total. The first-order valence-corrected chi connectivity index (χ1v) is 10.9. The topological polar surface area (TPSA) is 50.8 Å². The number of carbonyl (C=O) groups is 1. The molecule has 152 valence electrons. The fourth-order valence-electron chi connectivity index (χ4n) is 5.53. The van der Waals surface area contributed by atoms with E-state index in [-0.39, 0.29) is 16.9 Å². The van der Waals surface area contributed by atoms with Gasteiger partial charge in [-0.1, -0.05) is 37.3 Å². The molecule has 1 aromatic rings. The third kappa shape index (κ3) is 3.38. The molecule has 1 aliphatic carbocycles. The Morgan fingerprint density at radius 2 is 2.11 bits per heavy atom. The molecule has 1 aromatic carbocycles. The van der Waals surface area contributed by atoms with E-state index in [0.29, 0.717) is 24.5 Å². The number of benzene rings is 1. The van der Waals surface area contributed by atoms with Crippen molar-refractivity contribution in [3.05, 3.63) is 35.9 Å². The van der Waals surface area contributed by atoms with Crippen LogP contribution in [0.4, 0.5) is 0 Å². The largest absolute Gasteiger partial charge is 0.375 e. The Kier molecular flexibility index (Phi) is 4.73. The fourth-order valence-corrected chi connectivity index (χ4v) is 5.53. The van der Waals surface area contributed by atoms with Crippen molar-refractivity contribution in [3.63, 3.8) is 0 Å². The Balaban J connectivity index is 1.11. The minimum absolute atomic E-state index is 0.0307. The zero-order valence-corrected chi connectivity index (χ0v) is 16.9. The molecule has 1 amide bonds. The second-order valence-corrected chi connectivity index (χ2v) is 9.57. The van der Waals surface area contributed by atoms with E-state index < -0.39 is 0 Å². The summed E-state index contributed by atoms with van der Waals surface area (Å²) in [5, 5.41) is 3.24. The van der Waals surface area contributed by atoms with Gasteiger partial charge in [0.15, 0.2) is 0 Å². The van der Waals surface area contributed by atoms with Crippen LogP contribution < -0.4 is 5.32 Å². The highest BCUT2D eigenvalue weighted by Gasteiger charge is 2.62. The van der Waals surface area contributed by atoms with Gasteiger partial charge < -0.3 is 14.8 Å². The van der Waals surface area contributed by atoms with Gasteiger partial charge in [0, 0.05) is 43.4 Å². The number of ether oxygens (including phenoxy) is 2. The number of likely N-dealkylation sites (tertiary alicyclic amines) is 1. The first kappa shape index (κ1) is 18.6. The Bertz CT molecular complexity index is 720. The SMILES string of the molecule is CC1(C(=O)NC[C@H]2[C@H]3CN(CCOCc4ccccc4)C[C@]34CC[C@H]2O4)CC1. The van der Waals surface area contributed by atoms with Gasteiger partial charge >= 0.3 is 0 Å². The van der Waals surface area contributed by atoms with Gasteiger partial charge in [0.05, 0.1) is 24.9 Å². The molecule has 5 nitrogen and oxygen atoms in total. The molecule has 1 spiro atoms. The Hall–Kier alpha value is -1.43. The maximum atomic E-state index is 12.4. The van der Waals surface area contributed by atoms with E-state index >= 15 is 0 Å². The van der Waals surface area contributed by atoms with E-state index in [1.54, 1.807) is 0 Å². The number of fused-ring (bicyclic) bond motifs is 1. The van der Waals surface area contributed by atoms with Crippen LogP contribution >= 0.6 is 0 Å². The monoisotopic (exact) mass is 384 g/mol. The van der Waals surface area contributed by atoms with E-state index in [1.165, 1.54) is 12.0 Å². The lowest BCUT2D eigenvalue weighted by Crippen LogP contribution is -2.43. The van der Waals surface area contributed by atoms with Crippen molar-refractivity contribution in [2.24, 2.45) is 17.3 Å². The van der Waals surface area contributed by atoms with Crippen molar-refractivity contribution in [2.45, 2.75) is 50.9 Å². The van der Waals surface area contributed by atoms with Gasteiger partial charge in [0.2, 0.25) is 5.91 Å². The lowest BCUT2D eigenvalue weighted by Gasteiger charge is -2.30. The van der Waals surface area contributed by atoms with Gasteiger partial charge in [-0.2, -0.15) is 0 Å². The number of hydrogen-bond donors (Lipinski definition) is 1. The van der Waals surface area contributed by atoms with E-state index in [2.05, 4.69) is 41.4 Å². The molecule has 5 heteroatoms. The van der Waals surface area contributed by atoms with Crippen LogP contribution in [0.3, 0.4) is 0 Å². The number of hydrogen-bond acceptors (Lipinski definition) is 4. The molecule has 3 aliphatic heterocycles. The molecule has 2 bridgehead atoms. The van der Waals surface area contributed by atoms with Crippen molar-refractivity contribution in [1.29, 1.82) is 0 Å². The van der Waals surface area contributed by atoms with Gasteiger partial charge in [-0.05, 0) is 31.2 Å². The summed E-state index contributed by atoms with van der Waals surface area (Å²) < 4.78 is 12.4. The normalized spacial score (nSPS) is 35.1. The predicted molar refractivity (Wildman–Crippen MR) is 107 cm³/mol. The highest BCUT2D eigenvalue weighted by Crippen LogP contribution is 2.54. The fraction of sp³-hybridized carbons (Fsp3) is 0.696. The van der Waals surface area contributed by atoms with Crippen molar-refractivity contribution in [3.8, 4) is 0 Å². The molecule has 4 aliphatic rings. The maximum Gasteiger partial charge on any atom is 0.225 e. The summed E-state index contributed by atoms with van der Waals surface area (Å²) in [5.41, 5.74) is 1.17. The summed E-state index contributed by atoms with van der Waals surface area (Å²) >= 11 is 0. The maximum absolute atomic E-state index is 12.4. The highest BCUT2D eigenvalue weighted by molar-refractivity contribution is 5.84. The van der Waals surface area contributed by atoms with Crippen LogP contribution in [0.2, 0.25) is 0 Å². The third-order valence-corrected chi connectivity index (χ3v) is 7.56. The molecule has 4 atom stereocenters. The number of rotatable bonds is 8. The molecule has 0 unspecified atom stereocenters. The molecule has 28 heavy (non-hydrogen) atoms. The average molecular weight is 385 g/mol. The summed E-state index contributed by atoms with van der Waals surface area (Å²) in [5.74, 6) is 1.26. The van der Waals surface area contributed by atoms with Gasteiger partial charge in [0.1, 0.15) is 0 Å². The number of carbonyl (C=O) groups excluding carboxylic acids is 1. The second-order valence-electron chi connectivity index (χ2n) is 9.57. The zero-order valence-electron chi connectivity index (χ0n) is 16.9. The van der Waals surface area contributed by atoms with Crippen molar-refractivity contribution < 1.29 is 14.3 Å². The van der Waals surface area contributed by atoms with Crippen LogP contribution in [-0.2, 0) is 20.9 Å². The van der Waals surface area contributed by atoms with E-state index in [1.807, 2.05) is 6.07 Å². The summed E-state index contributed by atoms with van der Waals surface area (Å²) in [7, 11) is 0. The quantitative estimate of drug-likeness (QED) is 0.700. The Morgan fingerprint density at radius 1 is 1.29 bits per heavy atom. The number of amides is 1. The average Bonchev–Trinajstić information content (AvgIpc) is 3.07. The number of nitrogens with zero attached hydrogens (tertiary/aromatic N) is 1. The van der Waals surface area contributed by atoms with Crippen molar-refractivity contribution >= 4 is 5.91 Å². The second kappa shape index (κ2) is 7.12. The van der Waals surface area contributed by atoms with Crippen LogP contribution in [0.1, 0.15) is 38.2 Å². The molecule has 0 radical (unpaired) electrons. The summed E-state index contributed by atoms with van der Waals surface area (Å²) in [6.07, 6.45) is 4.73. The Morgan fingerprint density at radius 3 is 2.89 bits per heavy atom. The van der Waals surface area contributed by atoms with Gasteiger partial charge in [-0.3, -0.25) is 9.69 Å². The van der Waals surface area contributed by atoms with Gasteiger partial charge in [0.25, 0.3) is 0 Å². The summed E-state index contributed by atoms with van der Waals surface area (Å²) in [6.45, 7) is 7.33. The minimum Gasteiger partial charge on any atom is -0.375 e. The third-order valence-electron chi connectivity index (χ3n) is 7.56. The summed E-state index contributed by atoms with van der Waals surface area (Å²) in [4.78, 5) is 14.9. The number of nitrogens with one attached hydrogen (secondary N) is 1. The Labute approximate surface area is 167 Å². The molecule has 3 saturated heterocycles. The molecule has 5 rings (SSSR count). The van der Waals surface area contributed by atoms with Gasteiger partial charge in [-0.25, -0.2) is 0 Å². The van der Waals surface area contributed by atoms with Gasteiger partial charge in [-0.15, -0.1) is 0 Å². The van der Waals surface area contributed by atoms with Crippen LogP contribution in [0, 0.1) is 17.3 Å². The zero-order chi connectivity index (χ0) is 19.2. The standard InChI is InChI=1S/C23H32N2O3/c1-22(9-10-22)21(26)24-13-18-19-14-25(16-23(19)8-7-20(18)28-23)11-12-27-15-17-5-3-2-4-6-17/h2-6,18-20H,7-16H2,1H3,(H,24,26)/t18-,19+,20+,23+/m0/s1. The minimum atomic E-state index is -0.0893. The van der Waals surface area contributed by atoms with Crippen LogP contribution in [0.15, 0.2) is 30.3 Å². The van der Waals surface area contributed by atoms with E-state index in [9.17, 15) is 4.79 Å². The lowest BCUT2D eigenvalue weighted by atomic mass is 9.73. The molecular weight excluding hydrogens is 352 g/mol. The predicted octanol–water partition coefficient (Wildman–Crippen LogP) is 2.60. The van der Waals surface area contributed by atoms with Crippen molar-refractivity contribution in [1.82, 2.24) is 10.2 Å². The molecule has 4 fully saturated rings. The van der Waals surface area contributed by atoms with Crippen LogP contribution in [0.25, 0.3) is 0 Å². The van der Waals surface area contributed by atoms with Crippen molar-refractivity contribution in [2.75, 3.05) is 32.8 Å². The molecular formula is C23H32N2O3. The first-order valence-electron chi connectivity index (χ1n) is 10.9. The van der Waals surface area contributed by atoms with Crippen LogP contribution in [0.5, 0.6) is 0 Å². The smallest absolute Gasteiger partial charge is 0.225 e. The summed E-state index contributed by atoms with van der Waals surface area (Å²) in [6, 6.07) is 10.3. The van der Waals surface area contributed by atoms with E-state index in [4.69, 9.17) is 9.47 Å². The first-order chi connectivity index (χ1) is 13.6. The van der Waals surface area contributed by atoms with E-state index in [0.717, 1.165) is 52.0 Å². The lowest BCUT2D eigenvalue weighted by molar-refractivity contribution is -0.126. The molecule has 3 heterocycles. The molecule has 0 aromatic heterocycles. The van der Waals surface area contributed by atoms with Crippen LogP contribution in [-0.4, -0.2) is 55.3 Å². The highest BCUT2D eigenvalue weighted by atomic mass is 16.5.